The number of hydrogen-bond acceptors (Lipinski definition) is 6. The molecule has 0 heterocycles. The molecule has 0 saturated heterocycles. The van der Waals surface area contributed by atoms with Crippen LogP contribution in [0.25, 0.3) is 33.0 Å². The number of benzene rings is 4. The van der Waals surface area contributed by atoms with Crippen LogP contribution in [-0.4, -0.2) is 58.2 Å². The molecule has 38 heavy (non-hydrogen) atoms. The van der Waals surface area contributed by atoms with Gasteiger partial charge in [-0.05, 0) is 96.1 Å². The first-order valence-corrected chi connectivity index (χ1v) is 12.7. The summed E-state index contributed by atoms with van der Waals surface area (Å²) < 4.78 is 0. The number of aliphatic hydroxyl groups is 2. The first kappa shape index (κ1) is 27.0. The fraction of sp³-hybridized carbons (Fsp3) is 0.250. The van der Waals surface area contributed by atoms with Crippen LogP contribution in [0, 0.1) is 13.8 Å². The van der Waals surface area contributed by atoms with Gasteiger partial charge in [-0.2, -0.15) is 0 Å². The maximum Gasteiger partial charge on any atom is 0.124 e. The van der Waals surface area contributed by atoms with Gasteiger partial charge in [0.25, 0.3) is 0 Å². The minimum atomic E-state index is -0.265. The number of aryl methyl sites for hydroxylation is 2. The van der Waals surface area contributed by atoms with E-state index in [1.165, 1.54) is 0 Å². The summed E-state index contributed by atoms with van der Waals surface area (Å²) in [5, 5.41) is 42.0. The van der Waals surface area contributed by atoms with Crippen molar-refractivity contribution >= 4 is 23.2 Å². The van der Waals surface area contributed by atoms with Gasteiger partial charge in [-0.15, -0.1) is 0 Å². The Morgan fingerprint density at radius 3 is 1.47 bits per heavy atom. The SMILES string of the molecule is Cc1cc(O)c(C=NC(C)CO)cc1-c1cccc2cccc(-c3cc(C=N[C@@H](C)CO)c(O)cc3C)c12. The molecule has 0 saturated carbocycles. The fourth-order valence-electron chi connectivity index (χ4n) is 4.51. The molecule has 4 aromatic rings. The van der Waals surface area contributed by atoms with Gasteiger partial charge in [-0.1, -0.05) is 36.4 Å². The number of fused-ring (bicyclic) bond motifs is 1. The van der Waals surface area contributed by atoms with Crippen molar-refractivity contribution in [1.82, 2.24) is 0 Å². The van der Waals surface area contributed by atoms with Crippen LogP contribution in [0.5, 0.6) is 11.5 Å². The van der Waals surface area contributed by atoms with Gasteiger partial charge in [0.05, 0.1) is 25.3 Å². The van der Waals surface area contributed by atoms with E-state index < -0.39 is 0 Å². The third-order valence-corrected chi connectivity index (χ3v) is 6.70. The molecule has 6 nitrogen and oxygen atoms in total. The van der Waals surface area contributed by atoms with E-state index in [1.54, 1.807) is 24.6 Å². The zero-order valence-electron chi connectivity index (χ0n) is 22.2. The molecule has 0 bridgehead atoms. The number of nitrogens with zero attached hydrogens (tertiary/aromatic N) is 2. The highest BCUT2D eigenvalue weighted by molar-refractivity contribution is 6.08. The first-order valence-electron chi connectivity index (χ1n) is 12.7. The lowest BCUT2D eigenvalue weighted by molar-refractivity contribution is 0.274. The quantitative estimate of drug-likeness (QED) is 0.225. The summed E-state index contributed by atoms with van der Waals surface area (Å²) in [6.45, 7) is 7.42. The van der Waals surface area contributed by atoms with Crippen LogP contribution in [0.3, 0.4) is 0 Å². The van der Waals surface area contributed by atoms with Crippen LogP contribution in [0.1, 0.15) is 36.1 Å². The average molecular weight is 511 g/mol. The summed E-state index contributed by atoms with van der Waals surface area (Å²) in [5.74, 6) is 0.270. The maximum absolute atomic E-state index is 10.6. The van der Waals surface area contributed by atoms with Gasteiger partial charge < -0.3 is 20.4 Å². The van der Waals surface area contributed by atoms with Crippen molar-refractivity contribution in [2.75, 3.05) is 13.2 Å². The number of aromatic hydroxyl groups is 2. The van der Waals surface area contributed by atoms with Crippen LogP contribution in [0.2, 0.25) is 0 Å². The van der Waals surface area contributed by atoms with Crippen molar-refractivity contribution in [1.29, 1.82) is 0 Å². The second kappa shape index (κ2) is 11.6. The van der Waals surface area contributed by atoms with Gasteiger partial charge in [-0.25, -0.2) is 0 Å². The van der Waals surface area contributed by atoms with E-state index >= 15 is 0 Å². The molecule has 4 N–H and O–H groups in total. The maximum atomic E-state index is 10.6. The van der Waals surface area contributed by atoms with E-state index in [2.05, 4.69) is 34.3 Å². The Bertz CT molecular complexity index is 1410. The summed E-state index contributed by atoms with van der Waals surface area (Å²) in [4.78, 5) is 8.69. The molecule has 1 unspecified atom stereocenters. The van der Waals surface area contributed by atoms with Crippen molar-refractivity contribution in [3.05, 3.63) is 82.9 Å². The molecule has 6 heteroatoms. The summed E-state index contributed by atoms with van der Waals surface area (Å²) in [6.07, 6.45) is 3.21. The number of phenolic OH excluding ortho intramolecular Hbond substituents is 2. The van der Waals surface area contributed by atoms with Gasteiger partial charge in [0.2, 0.25) is 0 Å². The van der Waals surface area contributed by atoms with Crippen LogP contribution < -0.4 is 0 Å². The van der Waals surface area contributed by atoms with Gasteiger partial charge in [0.1, 0.15) is 11.5 Å². The number of phenols is 2. The van der Waals surface area contributed by atoms with Gasteiger partial charge >= 0.3 is 0 Å². The van der Waals surface area contributed by atoms with Crippen molar-refractivity contribution in [3.8, 4) is 33.8 Å². The number of aliphatic hydroxyl groups excluding tert-OH is 2. The largest absolute Gasteiger partial charge is 0.507 e. The predicted octanol–water partition coefficient (Wildman–Crippen LogP) is 5.80. The molecule has 0 aliphatic rings. The van der Waals surface area contributed by atoms with Crippen LogP contribution in [-0.2, 0) is 0 Å². The van der Waals surface area contributed by atoms with E-state index in [4.69, 9.17) is 0 Å². The molecule has 4 aromatic carbocycles. The first-order chi connectivity index (χ1) is 18.2. The minimum absolute atomic E-state index is 0.0692. The Kier molecular flexibility index (Phi) is 8.25. The van der Waals surface area contributed by atoms with Crippen molar-refractivity contribution in [2.24, 2.45) is 9.98 Å². The van der Waals surface area contributed by atoms with Crippen molar-refractivity contribution in [3.63, 3.8) is 0 Å². The average Bonchev–Trinajstić information content (AvgIpc) is 2.91. The molecule has 2 atom stereocenters. The monoisotopic (exact) mass is 510 g/mol. The van der Waals surface area contributed by atoms with Crippen molar-refractivity contribution < 1.29 is 20.4 Å². The van der Waals surface area contributed by atoms with Crippen LogP contribution >= 0.6 is 0 Å². The molecule has 0 fully saturated rings. The third kappa shape index (κ3) is 5.62. The molecule has 0 aliphatic carbocycles. The summed E-state index contributed by atoms with van der Waals surface area (Å²) in [6, 6.07) is 19.2. The van der Waals surface area contributed by atoms with E-state index in [1.807, 2.05) is 52.0 Å². The molecule has 0 radical (unpaired) electrons. The zero-order chi connectivity index (χ0) is 27.4. The molecule has 196 valence electrons. The number of aliphatic imine (C=N–C) groups is 2. The smallest absolute Gasteiger partial charge is 0.124 e. The second-order valence-corrected chi connectivity index (χ2v) is 9.78. The van der Waals surface area contributed by atoms with E-state index in [0.29, 0.717) is 11.1 Å². The molecular formula is C32H34N2O4. The van der Waals surface area contributed by atoms with E-state index in [0.717, 1.165) is 44.2 Å². The summed E-state index contributed by atoms with van der Waals surface area (Å²) in [7, 11) is 0. The second-order valence-electron chi connectivity index (χ2n) is 9.78. The summed E-state index contributed by atoms with van der Waals surface area (Å²) in [5.41, 5.74) is 6.96. The highest BCUT2D eigenvalue weighted by Crippen LogP contribution is 2.41. The molecule has 4 rings (SSSR count). The molecule has 0 spiro atoms. The molecule has 0 aliphatic heterocycles. The Morgan fingerprint density at radius 1 is 0.658 bits per heavy atom. The number of rotatable bonds is 8. The molecule has 0 amide bonds. The van der Waals surface area contributed by atoms with Crippen LogP contribution in [0.15, 0.2) is 70.6 Å². The van der Waals surface area contributed by atoms with E-state index in [-0.39, 0.29) is 36.8 Å². The van der Waals surface area contributed by atoms with Crippen molar-refractivity contribution in [2.45, 2.75) is 39.8 Å². The Labute approximate surface area is 223 Å². The summed E-state index contributed by atoms with van der Waals surface area (Å²) >= 11 is 0. The zero-order valence-corrected chi connectivity index (χ0v) is 22.2. The topological polar surface area (TPSA) is 106 Å². The molecule has 0 aromatic heterocycles. The fourth-order valence-corrected chi connectivity index (χ4v) is 4.51. The standard InChI is InChI=1S/C32H34N2O4/c1-19-11-30(37)24(15-33-21(3)17-35)13-28(19)26-9-5-7-23-8-6-10-27(32(23)26)29-14-25(16-34-22(4)18-36)31(38)12-20(29)2/h5-16,21-22,35-38H,17-18H2,1-4H3/t21-,22?/m0/s1. The van der Waals surface area contributed by atoms with Gasteiger partial charge in [0, 0.05) is 23.6 Å². The van der Waals surface area contributed by atoms with Gasteiger partial charge in [-0.3, -0.25) is 9.98 Å². The lowest BCUT2D eigenvalue weighted by Crippen LogP contribution is -2.04. The van der Waals surface area contributed by atoms with Gasteiger partial charge in [0.15, 0.2) is 0 Å². The lowest BCUT2D eigenvalue weighted by atomic mass is 9.87. The Hall–Kier alpha value is -4.00. The third-order valence-electron chi connectivity index (χ3n) is 6.70. The normalized spacial score (nSPS) is 13.5. The Balaban J connectivity index is 1.95. The number of hydrogen-bond donors (Lipinski definition) is 4. The Morgan fingerprint density at radius 2 is 1.08 bits per heavy atom. The molecular weight excluding hydrogens is 476 g/mol. The van der Waals surface area contributed by atoms with Crippen LogP contribution in [0.4, 0.5) is 0 Å². The lowest BCUT2D eigenvalue weighted by Gasteiger charge is -2.17. The minimum Gasteiger partial charge on any atom is -0.507 e. The predicted molar refractivity (Wildman–Crippen MR) is 156 cm³/mol. The van der Waals surface area contributed by atoms with E-state index in [9.17, 15) is 20.4 Å². The highest BCUT2D eigenvalue weighted by atomic mass is 16.3. The highest BCUT2D eigenvalue weighted by Gasteiger charge is 2.16.